The van der Waals surface area contributed by atoms with Gasteiger partial charge >= 0.3 is 0 Å². The fraction of sp³-hybridized carbons (Fsp3) is 0.0435. The summed E-state index contributed by atoms with van der Waals surface area (Å²) in [6.45, 7) is 0. The molecule has 9 aromatic rings. The van der Waals surface area contributed by atoms with Gasteiger partial charge < -0.3 is 4.57 Å². The lowest BCUT2D eigenvalue weighted by molar-refractivity contribution is 0.965. The van der Waals surface area contributed by atoms with E-state index in [0.29, 0.717) is 5.95 Å². The molecule has 4 nitrogen and oxygen atoms in total. The average Bonchev–Trinajstić information content (AvgIpc) is 3.71. The molecule has 0 saturated carbocycles. The molecular formula is C46H32N4. The average molecular weight is 641 g/mol. The zero-order chi connectivity index (χ0) is 33.0. The van der Waals surface area contributed by atoms with Crippen LogP contribution in [0.1, 0.15) is 18.5 Å². The van der Waals surface area contributed by atoms with E-state index in [1.807, 2.05) is 6.07 Å². The number of para-hydroxylation sites is 3. The molecule has 236 valence electrons. The molecule has 3 aromatic heterocycles. The minimum absolute atomic E-state index is 0.685. The molecule has 0 fully saturated rings. The summed E-state index contributed by atoms with van der Waals surface area (Å²) in [5.74, 6) is 0.685. The molecule has 4 heteroatoms. The van der Waals surface area contributed by atoms with E-state index in [1.165, 1.54) is 49.3 Å². The number of allylic oxidation sites excluding steroid dienone is 4. The lowest BCUT2D eigenvalue weighted by atomic mass is 10.0. The van der Waals surface area contributed by atoms with E-state index in [9.17, 15) is 0 Å². The largest absolute Gasteiger partial charge is 0.309 e. The molecule has 3 heterocycles. The van der Waals surface area contributed by atoms with E-state index in [4.69, 9.17) is 9.97 Å². The summed E-state index contributed by atoms with van der Waals surface area (Å²) < 4.78 is 4.62. The van der Waals surface area contributed by atoms with Gasteiger partial charge in [-0.15, -0.1) is 0 Å². The Bertz CT molecular complexity index is 2800. The third-order valence-corrected chi connectivity index (χ3v) is 10.0. The topological polar surface area (TPSA) is 35.6 Å². The van der Waals surface area contributed by atoms with Crippen molar-refractivity contribution in [2.75, 3.05) is 0 Å². The number of benzene rings is 6. The molecule has 0 radical (unpaired) electrons. The maximum Gasteiger partial charge on any atom is 0.235 e. The van der Waals surface area contributed by atoms with Crippen LogP contribution in [0.15, 0.2) is 170 Å². The van der Waals surface area contributed by atoms with Gasteiger partial charge in [-0.2, -0.15) is 0 Å². The molecule has 0 N–H and O–H groups in total. The van der Waals surface area contributed by atoms with Gasteiger partial charge in [-0.1, -0.05) is 121 Å². The Morgan fingerprint density at radius 3 is 1.84 bits per heavy atom. The Labute approximate surface area is 289 Å². The number of rotatable bonds is 5. The molecular weight excluding hydrogens is 609 g/mol. The molecule has 0 bridgehead atoms. The first-order valence-electron chi connectivity index (χ1n) is 17.2. The van der Waals surface area contributed by atoms with Crippen molar-refractivity contribution in [3.63, 3.8) is 0 Å². The van der Waals surface area contributed by atoms with Crippen LogP contribution in [-0.2, 0) is 0 Å². The van der Waals surface area contributed by atoms with Crippen molar-refractivity contribution in [3.8, 4) is 34.0 Å². The minimum Gasteiger partial charge on any atom is -0.309 e. The summed E-state index contributed by atoms with van der Waals surface area (Å²) in [7, 11) is 0. The molecule has 0 atom stereocenters. The lowest BCUT2D eigenvalue weighted by Crippen LogP contribution is -2.05. The Hall–Kier alpha value is -6.52. The summed E-state index contributed by atoms with van der Waals surface area (Å²) >= 11 is 0. The number of fused-ring (bicyclic) bond motifs is 6. The van der Waals surface area contributed by atoms with Crippen molar-refractivity contribution in [2.45, 2.75) is 12.8 Å². The predicted octanol–water partition coefficient (Wildman–Crippen LogP) is 11.7. The van der Waals surface area contributed by atoms with Crippen LogP contribution < -0.4 is 0 Å². The van der Waals surface area contributed by atoms with E-state index in [0.717, 1.165) is 46.5 Å². The van der Waals surface area contributed by atoms with Crippen LogP contribution in [-0.4, -0.2) is 19.1 Å². The quantitative estimate of drug-likeness (QED) is 0.188. The van der Waals surface area contributed by atoms with Crippen LogP contribution in [0.5, 0.6) is 0 Å². The van der Waals surface area contributed by atoms with Crippen LogP contribution in [0.3, 0.4) is 0 Å². The van der Waals surface area contributed by atoms with E-state index in [1.54, 1.807) is 0 Å². The molecule has 0 unspecified atom stereocenters. The lowest BCUT2D eigenvalue weighted by Gasteiger charge is -2.14. The van der Waals surface area contributed by atoms with Gasteiger partial charge in [0.1, 0.15) is 0 Å². The van der Waals surface area contributed by atoms with Gasteiger partial charge in [0.05, 0.1) is 33.5 Å². The zero-order valence-corrected chi connectivity index (χ0v) is 27.4. The van der Waals surface area contributed by atoms with Crippen molar-refractivity contribution in [1.82, 2.24) is 19.1 Å². The molecule has 0 saturated heterocycles. The molecule has 6 aromatic carbocycles. The fourth-order valence-electron chi connectivity index (χ4n) is 7.65. The number of nitrogens with zero attached hydrogens (tertiary/aromatic N) is 4. The van der Waals surface area contributed by atoms with Gasteiger partial charge in [-0.05, 0) is 78.1 Å². The van der Waals surface area contributed by atoms with Crippen molar-refractivity contribution in [3.05, 3.63) is 176 Å². The van der Waals surface area contributed by atoms with Gasteiger partial charge in [0, 0.05) is 32.8 Å². The molecule has 10 rings (SSSR count). The molecule has 0 aliphatic heterocycles. The molecule has 50 heavy (non-hydrogen) atoms. The van der Waals surface area contributed by atoms with E-state index in [-0.39, 0.29) is 0 Å². The predicted molar refractivity (Wildman–Crippen MR) is 208 cm³/mol. The highest BCUT2D eigenvalue weighted by Gasteiger charge is 2.19. The van der Waals surface area contributed by atoms with Crippen LogP contribution >= 0.6 is 0 Å². The Balaban J connectivity index is 1.18. The van der Waals surface area contributed by atoms with E-state index < -0.39 is 0 Å². The smallest absolute Gasteiger partial charge is 0.235 e. The second-order valence-electron chi connectivity index (χ2n) is 13.0. The van der Waals surface area contributed by atoms with Crippen LogP contribution in [0.4, 0.5) is 0 Å². The Morgan fingerprint density at radius 1 is 0.440 bits per heavy atom. The summed E-state index contributed by atoms with van der Waals surface area (Å²) in [4.78, 5) is 10.5. The number of aromatic nitrogens is 4. The number of hydrogen-bond donors (Lipinski definition) is 0. The normalized spacial score (nSPS) is 13.1. The first-order valence-corrected chi connectivity index (χ1v) is 17.2. The summed E-state index contributed by atoms with van der Waals surface area (Å²) in [5.41, 5.74) is 12.3. The van der Waals surface area contributed by atoms with Gasteiger partial charge in [0.2, 0.25) is 5.95 Å². The SMILES string of the molecule is C1=CCCC(c2cc(-c3ccccc3)nc(-n3c4ccccc4c4cc(-c5ccc6c7ccccc7n(-c7ccccc7)c6c5)ccc43)n2)=C1. The fourth-order valence-corrected chi connectivity index (χ4v) is 7.65. The Kier molecular flexibility index (Phi) is 6.59. The summed E-state index contributed by atoms with van der Waals surface area (Å²) in [5, 5.41) is 4.87. The van der Waals surface area contributed by atoms with Gasteiger partial charge in [0.15, 0.2) is 0 Å². The molecule has 0 spiro atoms. The van der Waals surface area contributed by atoms with Crippen LogP contribution in [0, 0.1) is 0 Å². The van der Waals surface area contributed by atoms with Gasteiger partial charge in [-0.25, -0.2) is 9.97 Å². The van der Waals surface area contributed by atoms with Crippen molar-refractivity contribution in [1.29, 1.82) is 0 Å². The third-order valence-electron chi connectivity index (χ3n) is 10.0. The summed E-state index contributed by atoms with van der Waals surface area (Å²) in [6, 6.07) is 54.2. The molecule has 1 aliphatic carbocycles. The maximum absolute atomic E-state index is 5.25. The first-order chi connectivity index (χ1) is 24.8. The van der Waals surface area contributed by atoms with E-state index in [2.05, 4.69) is 173 Å². The van der Waals surface area contributed by atoms with Gasteiger partial charge in [-0.3, -0.25) is 4.57 Å². The van der Waals surface area contributed by atoms with Crippen LogP contribution in [0.2, 0.25) is 0 Å². The monoisotopic (exact) mass is 640 g/mol. The highest BCUT2D eigenvalue weighted by molar-refractivity contribution is 6.12. The molecule has 1 aliphatic rings. The maximum atomic E-state index is 5.25. The van der Waals surface area contributed by atoms with Crippen molar-refractivity contribution < 1.29 is 0 Å². The Morgan fingerprint density at radius 2 is 1.06 bits per heavy atom. The second kappa shape index (κ2) is 11.6. The van der Waals surface area contributed by atoms with Crippen molar-refractivity contribution >= 4 is 49.2 Å². The zero-order valence-electron chi connectivity index (χ0n) is 27.4. The van der Waals surface area contributed by atoms with E-state index >= 15 is 0 Å². The minimum atomic E-state index is 0.685. The highest BCUT2D eigenvalue weighted by atomic mass is 15.2. The second-order valence-corrected chi connectivity index (χ2v) is 13.0. The highest BCUT2D eigenvalue weighted by Crippen LogP contribution is 2.38. The molecule has 0 amide bonds. The standard InChI is InChI=1S/C46H32N4/c1-4-14-31(15-5-1)40-30-41(32-16-6-2-7-17-32)48-46(47-40)50-43-23-13-11-21-37(43)39-28-33(25-27-44(39)50)34-24-26-38-36-20-10-12-22-42(36)49(45(38)29-34)35-18-8-3-9-19-35/h1-6,8-16,18-30H,7,17H2. The van der Waals surface area contributed by atoms with Gasteiger partial charge in [0.25, 0.3) is 0 Å². The third kappa shape index (κ3) is 4.61. The first kappa shape index (κ1) is 28.5. The van der Waals surface area contributed by atoms with Crippen LogP contribution in [0.25, 0.3) is 83.2 Å². The summed E-state index contributed by atoms with van der Waals surface area (Å²) in [6.07, 6.45) is 8.53. The van der Waals surface area contributed by atoms with Crippen molar-refractivity contribution in [2.24, 2.45) is 0 Å². The number of hydrogen-bond acceptors (Lipinski definition) is 2.